The van der Waals surface area contributed by atoms with Gasteiger partial charge in [0.2, 0.25) is 0 Å². The van der Waals surface area contributed by atoms with Gasteiger partial charge in [0.25, 0.3) is 17.7 Å². The van der Waals surface area contributed by atoms with Crippen molar-refractivity contribution in [2.24, 2.45) is 0 Å². The maximum Gasteiger partial charge on any atom is 0.350 e. The highest BCUT2D eigenvalue weighted by atomic mass is 35.5. The number of nitrogens with zero attached hydrogens (tertiary/aromatic N) is 2. The smallest absolute Gasteiger partial charge is 0.350 e. The summed E-state index contributed by atoms with van der Waals surface area (Å²) in [6, 6.07) is 10.9. The van der Waals surface area contributed by atoms with E-state index in [-0.39, 0.29) is 39.5 Å². The number of rotatable bonds is 9. The second-order valence-electron chi connectivity index (χ2n) is 7.99. The number of carbonyl (C=O) groups excluding carboxylic acids is 4. The van der Waals surface area contributed by atoms with E-state index in [4.69, 9.17) is 25.8 Å². The Kier molecular flexibility index (Phi) is 8.17. The third kappa shape index (κ3) is 5.56. The molecule has 3 amide bonds. The number of esters is 1. The fourth-order valence-electron chi connectivity index (χ4n) is 3.69. The van der Waals surface area contributed by atoms with Crippen molar-refractivity contribution < 1.29 is 33.4 Å². The number of carbonyl (C=O) groups is 4. The minimum Gasteiger partial charge on any atom is -0.497 e. The number of aryl methyl sites for hydroxylation is 1. The van der Waals surface area contributed by atoms with E-state index in [2.05, 4.69) is 15.6 Å². The molecule has 0 fully saturated rings. The molecule has 39 heavy (non-hydrogen) atoms. The summed E-state index contributed by atoms with van der Waals surface area (Å²) in [4.78, 5) is 56.6. The number of hydrogen-bond acceptors (Lipinski definition) is 10. The molecule has 13 heteroatoms. The highest BCUT2D eigenvalue weighted by molar-refractivity contribution is 7.17. The van der Waals surface area contributed by atoms with Gasteiger partial charge >= 0.3 is 5.97 Å². The van der Waals surface area contributed by atoms with Crippen LogP contribution in [0.15, 0.2) is 53.2 Å². The number of amides is 3. The maximum absolute atomic E-state index is 13.3. The Bertz CT molecular complexity index is 1520. The molecule has 0 spiro atoms. The summed E-state index contributed by atoms with van der Waals surface area (Å²) in [5, 5.41) is 5.40. The predicted octanol–water partition coefficient (Wildman–Crippen LogP) is 4.33. The standard InChI is InChI=1S/C26H23ClN4O7S/c1-5-38-25(35)21-13(2)28-26(39-21)30-22(32)14-7-6-8-15(11-14)29-20-19(27)23(33)31(24(20)34)17-12-16(36-3)9-10-18(17)37-4/h6-12,29H,5H2,1-4H3,(H,28,30,32). The van der Waals surface area contributed by atoms with Gasteiger partial charge < -0.3 is 19.5 Å². The highest BCUT2D eigenvalue weighted by Gasteiger charge is 2.40. The molecular weight excluding hydrogens is 548 g/mol. The third-order valence-corrected chi connectivity index (χ3v) is 6.93. The average Bonchev–Trinajstić information content (AvgIpc) is 3.39. The molecule has 0 unspecified atom stereocenters. The van der Waals surface area contributed by atoms with Crippen LogP contribution in [0, 0.1) is 6.92 Å². The predicted molar refractivity (Wildman–Crippen MR) is 146 cm³/mol. The lowest BCUT2D eigenvalue weighted by molar-refractivity contribution is -0.120. The Morgan fingerprint density at radius 3 is 2.54 bits per heavy atom. The van der Waals surface area contributed by atoms with Crippen molar-refractivity contribution in [1.29, 1.82) is 0 Å². The minimum atomic E-state index is -0.749. The number of ether oxygens (including phenoxy) is 3. The molecule has 0 aliphatic carbocycles. The number of methoxy groups -OCH3 is 2. The molecule has 0 saturated heterocycles. The molecule has 2 N–H and O–H groups in total. The molecule has 2 aromatic carbocycles. The largest absolute Gasteiger partial charge is 0.497 e. The Morgan fingerprint density at radius 2 is 1.85 bits per heavy atom. The van der Waals surface area contributed by atoms with E-state index in [1.54, 1.807) is 44.2 Å². The van der Waals surface area contributed by atoms with Crippen LogP contribution in [-0.4, -0.2) is 49.5 Å². The first kappa shape index (κ1) is 27.6. The fourth-order valence-corrected chi connectivity index (χ4v) is 4.76. The quantitative estimate of drug-likeness (QED) is 0.284. The number of halogens is 1. The van der Waals surface area contributed by atoms with Crippen LogP contribution >= 0.6 is 22.9 Å². The van der Waals surface area contributed by atoms with Gasteiger partial charge in [0.1, 0.15) is 27.1 Å². The molecule has 0 atom stereocenters. The molecule has 0 saturated carbocycles. The number of nitrogens with one attached hydrogen (secondary N) is 2. The van der Waals surface area contributed by atoms with Gasteiger partial charge in [-0.2, -0.15) is 0 Å². The highest BCUT2D eigenvalue weighted by Crippen LogP contribution is 2.38. The lowest BCUT2D eigenvalue weighted by Gasteiger charge is -2.19. The average molecular weight is 571 g/mol. The zero-order valence-corrected chi connectivity index (χ0v) is 22.9. The second kappa shape index (κ2) is 11.5. The van der Waals surface area contributed by atoms with Crippen LogP contribution in [-0.2, 0) is 14.3 Å². The maximum atomic E-state index is 13.3. The monoisotopic (exact) mass is 570 g/mol. The van der Waals surface area contributed by atoms with E-state index >= 15 is 0 Å². The van der Waals surface area contributed by atoms with E-state index in [0.717, 1.165) is 16.2 Å². The first-order valence-corrected chi connectivity index (χ1v) is 12.7. The van der Waals surface area contributed by atoms with Crippen LogP contribution in [0.3, 0.4) is 0 Å². The van der Waals surface area contributed by atoms with Crippen LogP contribution in [0.4, 0.5) is 16.5 Å². The van der Waals surface area contributed by atoms with Crippen LogP contribution in [0.5, 0.6) is 11.5 Å². The Morgan fingerprint density at radius 1 is 1.08 bits per heavy atom. The molecule has 202 valence electrons. The van der Waals surface area contributed by atoms with Crippen molar-refractivity contribution in [1.82, 2.24) is 4.98 Å². The summed E-state index contributed by atoms with van der Waals surface area (Å²) in [7, 11) is 2.86. The number of imide groups is 1. The molecule has 1 aliphatic heterocycles. The molecule has 3 aromatic rings. The molecular formula is C26H23ClN4O7S. The van der Waals surface area contributed by atoms with E-state index in [1.807, 2.05) is 0 Å². The lowest BCUT2D eigenvalue weighted by atomic mass is 10.2. The molecule has 2 heterocycles. The molecule has 1 aliphatic rings. The van der Waals surface area contributed by atoms with Gasteiger partial charge in [-0.25, -0.2) is 14.7 Å². The van der Waals surface area contributed by atoms with Gasteiger partial charge in [-0.3, -0.25) is 19.7 Å². The minimum absolute atomic E-state index is 0.163. The van der Waals surface area contributed by atoms with Crippen molar-refractivity contribution in [2.75, 3.05) is 36.4 Å². The Balaban J connectivity index is 1.54. The van der Waals surface area contributed by atoms with Gasteiger partial charge in [-0.1, -0.05) is 29.0 Å². The third-order valence-electron chi connectivity index (χ3n) is 5.53. The van der Waals surface area contributed by atoms with Gasteiger partial charge in [-0.15, -0.1) is 0 Å². The van der Waals surface area contributed by atoms with Crippen molar-refractivity contribution in [3.8, 4) is 11.5 Å². The summed E-state index contributed by atoms with van der Waals surface area (Å²) in [6.45, 7) is 3.56. The normalized spacial score (nSPS) is 13.0. The number of thiazole rings is 1. The number of benzene rings is 2. The molecule has 4 rings (SSSR count). The zero-order chi connectivity index (χ0) is 28.3. The van der Waals surface area contributed by atoms with Crippen molar-refractivity contribution in [2.45, 2.75) is 13.8 Å². The summed E-state index contributed by atoms with van der Waals surface area (Å²) < 4.78 is 15.5. The topological polar surface area (TPSA) is 136 Å². The summed E-state index contributed by atoms with van der Waals surface area (Å²) >= 11 is 7.27. The van der Waals surface area contributed by atoms with E-state index in [1.165, 1.54) is 26.4 Å². The SMILES string of the molecule is CCOC(=O)c1sc(NC(=O)c2cccc(NC3=C(Cl)C(=O)N(c4cc(OC)ccc4OC)C3=O)c2)nc1C. The van der Waals surface area contributed by atoms with Gasteiger partial charge in [0.05, 0.1) is 32.2 Å². The number of aromatic nitrogens is 1. The fraction of sp³-hybridized carbons (Fsp3) is 0.192. The van der Waals surface area contributed by atoms with Crippen molar-refractivity contribution in [3.05, 3.63) is 69.3 Å². The van der Waals surface area contributed by atoms with Gasteiger partial charge in [0.15, 0.2) is 5.13 Å². The van der Waals surface area contributed by atoms with Crippen LogP contribution in [0.1, 0.15) is 32.6 Å². The first-order valence-electron chi connectivity index (χ1n) is 11.5. The van der Waals surface area contributed by atoms with Crippen LogP contribution in [0.2, 0.25) is 0 Å². The Hall–Kier alpha value is -4.42. The summed E-state index contributed by atoms with van der Waals surface area (Å²) in [5.41, 5.74) is 0.992. The molecule has 0 radical (unpaired) electrons. The Labute approximate surface area is 232 Å². The van der Waals surface area contributed by atoms with Crippen molar-refractivity contribution in [3.63, 3.8) is 0 Å². The van der Waals surface area contributed by atoms with E-state index < -0.39 is 23.7 Å². The summed E-state index contributed by atoms with van der Waals surface area (Å²) in [6.07, 6.45) is 0. The van der Waals surface area contributed by atoms with Crippen LogP contribution in [0.25, 0.3) is 0 Å². The molecule has 11 nitrogen and oxygen atoms in total. The van der Waals surface area contributed by atoms with E-state index in [9.17, 15) is 19.2 Å². The number of hydrogen-bond donors (Lipinski definition) is 2. The molecule has 0 bridgehead atoms. The molecule has 1 aromatic heterocycles. The summed E-state index contributed by atoms with van der Waals surface area (Å²) in [5.74, 6) is -1.80. The second-order valence-corrected chi connectivity index (χ2v) is 9.36. The van der Waals surface area contributed by atoms with Gasteiger partial charge in [0, 0.05) is 17.3 Å². The number of anilines is 3. The van der Waals surface area contributed by atoms with Crippen molar-refractivity contribution >= 4 is 63.1 Å². The van der Waals surface area contributed by atoms with Crippen LogP contribution < -0.4 is 25.0 Å². The zero-order valence-electron chi connectivity index (χ0n) is 21.3. The first-order chi connectivity index (χ1) is 18.7. The van der Waals surface area contributed by atoms with Gasteiger partial charge in [-0.05, 0) is 44.2 Å². The lowest BCUT2D eigenvalue weighted by Crippen LogP contribution is -2.32. The van der Waals surface area contributed by atoms with E-state index in [0.29, 0.717) is 22.0 Å².